The van der Waals surface area contributed by atoms with Gasteiger partial charge in [-0.1, -0.05) is 75.6 Å². The van der Waals surface area contributed by atoms with Crippen LogP contribution >= 0.6 is 0 Å². The molecule has 4 aromatic carbocycles. The van der Waals surface area contributed by atoms with Crippen LogP contribution in [-0.2, 0) is 19.2 Å². The summed E-state index contributed by atoms with van der Waals surface area (Å²) in [5.74, 6) is -0.0918. The van der Waals surface area contributed by atoms with Gasteiger partial charge in [-0.05, 0) is 91.3 Å². The highest BCUT2D eigenvalue weighted by molar-refractivity contribution is 6.13. The van der Waals surface area contributed by atoms with Crippen LogP contribution in [0.15, 0.2) is 107 Å². The highest BCUT2D eigenvalue weighted by Crippen LogP contribution is 2.41. The molecule has 0 radical (unpaired) electrons. The zero-order valence-electron chi connectivity index (χ0n) is 44.7. The van der Waals surface area contributed by atoms with Crippen LogP contribution in [0, 0.1) is 25.7 Å². The molecule has 2 N–H and O–H groups in total. The first-order valence-corrected chi connectivity index (χ1v) is 26.7. The second-order valence-electron chi connectivity index (χ2n) is 20.8. The maximum absolute atomic E-state index is 14.1. The summed E-state index contributed by atoms with van der Waals surface area (Å²) in [4.78, 5) is 92.3. The summed E-state index contributed by atoms with van der Waals surface area (Å²) in [7, 11) is 1.53. The van der Waals surface area contributed by atoms with Crippen LogP contribution in [0.1, 0.15) is 115 Å². The normalized spacial score (nSPS) is 18.1. The lowest BCUT2D eigenvalue weighted by Crippen LogP contribution is -2.42. The third-order valence-corrected chi connectivity index (χ3v) is 14.7. The summed E-state index contributed by atoms with van der Waals surface area (Å²) < 4.78 is 18.1. The van der Waals surface area contributed by atoms with Crippen molar-refractivity contribution in [1.29, 1.82) is 0 Å². The van der Waals surface area contributed by atoms with Crippen molar-refractivity contribution in [2.45, 2.75) is 104 Å². The Kier molecular flexibility index (Phi) is 16.7. The van der Waals surface area contributed by atoms with E-state index < -0.39 is 5.92 Å². The molecule has 0 unspecified atom stereocenters. The molecule has 16 nitrogen and oxygen atoms in total. The Balaban J connectivity index is 0.729. The van der Waals surface area contributed by atoms with E-state index in [1.165, 1.54) is 29.7 Å². The lowest BCUT2D eigenvalue weighted by molar-refractivity contribution is -0.136. The zero-order valence-corrected chi connectivity index (χ0v) is 44.7. The summed E-state index contributed by atoms with van der Waals surface area (Å²) >= 11 is 0. The molecule has 77 heavy (non-hydrogen) atoms. The molecule has 0 spiro atoms. The highest BCUT2D eigenvalue weighted by Gasteiger charge is 2.35. The van der Waals surface area contributed by atoms with Crippen LogP contribution in [0.2, 0.25) is 0 Å². The number of Topliss-reactive ketones (excluding diaryl/α,β-unsaturated/α-hetero) is 1. The number of carbonyl (C=O) groups is 6. The van der Waals surface area contributed by atoms with Crippen LogP contribution in [-0.4, -0.2) is 114 Å². The van der Waals surface area contributed by atoms with Crippen molar-refractivity contribution >= 4 is 76.0 Å². The first-order valence-electron chi connectivity index (χ1n) is 26.7. The average Bonchev–Trinajstić information content (AvgIpc) is 4.12. The first kappa shape index (κ1) is 53.8. The van der Waals surface area contributed by atoms with E-state index in [2.05, 4.69) is 41.8 Å². The van der Waals surface area contributed by atoms with E-state index in [-0.39, 0.29) is 65.8 Å². The topological polar surface area (TPSA) is 189 Å². The number of amides is 5. The quantitative estimate of drug-likeness (QED) is 0.0535. The van der Waals surface area contributed by atoms with E-state index in [0.717, 1.165) is 53.5 Å². The van der Waals surface area contributed by atoms with Gasteiger partial charge in [0.05, 0.1) is 61.0 Å². The van der Waals surface area contributed by atoms with Gasteiger partial charge in [0.15, 0.2) is 17.3 Å². The SMILES string of the molecule is COc1cc2c(cc1OCCCOc1cc3c(cc1C)C(=O)N1C=C(c4ccc(C)cc4)C[C@H]1C=N3)N=C[C@@H]1CC(c3ccc(NC(=O)[C@H](C)CC(=O)[C@@H](NCCCCCCN4C(=O)C=CC4=O)C(C)C)cc3)=CN1C2=O. The van der Waals surface area contributed by atoms with Gasteiger partial charge in [-0.15, -0.1) is 0 Å². The first-order chi connectivity index (χ1) is 37.1. The molecule has 5 aliphatic heterocycles. The molecule has 400 valence electrons. The van der Waals surface area contributed by atoms with Crippen LogP contribution in [0.5, 0.6) is 17.2 Å². The molecule has 0 bridgehead atoms. The number of hydrogen-bond donors (Lipinski definition) is 2. The molecule has 5 amide bonds. The van der Waals surface area contributed by atoms with Gasteiger partial charge in [-0.2, -0.15) is 0 Å². The minimum atomic E-state index is -0.549. The molecule has 16 heteroatoms. The highest BCUT2D eigenvalue weighted by atomic mass is 16.5. The number of hydrogen-bond acceptors (Lipinski definition) is 12. The number of ether oxygens (including phenoxy) is 3. The minimum Gasteiger partial charge on any atom is -0.493 e. The van der Waals surface area contributed by atoms with Crippen molar-refractivity contribution < 1.29 is 43.0 Å². The number of anilines is 1. The summed E-state index contributed by atoms with van der Waals surface area (Å²) in [6.45, 7) is 11.4. The fourth-order valence-corrected chi connectivity index (χ4v) is 10.3. The molecule has 0 saturated carbocycles. The summed E-state index contributed by atoms with van der Waals surface area (Å²) in [6, 6.07) is 22.0. The zero-order chi connectivity index (χ0) is 54.3. The van der Waals surface area contributed by atoms with Gasteiger partial charge in [0.1, 0.15) is 5.75 Å². The Hall–Kier alpha value is -7.98. The molecule has 0 aliphatic carbocycles. The number of aryl methyl sites for hydroxylation is 2. The third kappa shape index (κ3) is 12.3. The number of nitrogens with zero attached hydrogens (tertiary/aromatic N) is 5. The minimum absolute atomic E-state index is 0.0140. The second kappa shape index (κ2) is 23.9. The number of rotatable bonds is 23. The van der Waals surface area contributed by atoms with E-state index in [4.69, 9.17) is 24.2 Å². The van der Waals surface area contributed by atoms with Crippen LogP contribution < -0.4 is 24.8 Å². The molecule has 9 rings (SSSR count). The van der Waals surface area contributed by atoms with Crippen LogP contribution in [0.3, 0.4) is 0 Å². The van der Waals surface area contributed by atoms with Crippen LogP contribution in [0.25, 0.3) is 11.1 Å². The maximum atomic E-state index is 14.1. The Morgan fingerprint density at radius 3 is 1.83 bits per heavy atom. The molecule has 0 saturated heterocycles. The molecule has 4 atom stereocenters. The number of fused-ring (bicyclic) bond motifs is 4. The summed E-state index contributed by atoms with van der Waals surface area (Å²) in [5.41, 5.74) is 8.65. The van der Waals surface area contributed by atoms with E-state index in [1.807, 2.05) is 75.8 Å². The van der Waals surface area contributed by atoms with Gasteiger partial charge in [-0.3, -0.25) is 43.7 Å². The van der Waals surface area contributed by atoms with E-state index in [9.17, 15) is 28.8 Å². The van der Waals surface area contributed by atoms with Crippen molar-refractivity contribution in [2.75, 3.05) is 38.7 Å². The van der Waals surface area contributed by atoms with Crippen molar-refractivity contribution in [3.63, 3.8) is 0 Å². The number of benzene rings is 4. The number of nitrogens with one attached hydrogen (secondary N) is 2. The van der Waals surface area contributed by atoms with Gasteiger partial charge in [0.2, 0.25) is 5.91 Å². The molecule has 0 fully saturated rings. The molecular weight excluding hydrogens is 975 g/mol. The predicted molar refractivity (Wildman–Crippen MR) is 297 cm³/mol. The van der Waals surface area contributed by atoms with Gasteiger partial charge in [0, 0.05) is 92.9 Å². The monoisotopic (exact) mass is 1040 g/mol. The van der Waals surface area contributed by atoms with Gasteiger partial charge >= 0.3 is 0 Å². The summed E-state index contributed by atoms with van der Waals surface area (Å²) in [5, 5.41) is 6.35. The number of methoxy groups -OCH3 is 1. The number of aliphatic imine (C=N–C) groups is 2. The Bertz CT molecular complexity index is 3080. The predicted octanol–water partition coefficient (Wildman–Crippen LogP) is 9.74. The molecule has 0 aromatic heterocycles. The standard InChI is InChI=1S/C61H67N7O9/c1-37(2)58(62-22-9-7-8-10-23-66-56(70)20-21-57(66)71)52(69)27-40(5)59(72)65-45-18-16-42(17-19-45)44-29-47-34-64-51-32-55(54(75-6)30-49(51)61(74)68(47)36-44)77-25-11-24-76-53-31-50-48(26-39(53)4)60(73)67-35-43(28-46(67)33-63-50)41-14-12-38(3)13-15-41/h12-21,26,30-37,40,46-47,58,62H,7-11,22-25,27-29H2,1-6H3,(H,65,72)/t40-,46+,47+,58+/m1/s1. The van der Waals surface area contributed by atoms with Crippen LogP contribution in [0.4, 0.5) is 17.1 Å². The smallest absolute Gasteiger partial charge is 0.260 e. The van der Waals surface area contributed by atoms with Crippen molar-refractivity contribution in [2.24, 2.45) is 21.8 Å². The third-order valence-electron chi connectivity index (χ3n) is 14.7. The van der Waals surface area contributed by atoms with E-state index in [0.29, 0.717) is 91.0 Å². The molecule has 5 heterocycles. The lowest BCUT2D eigenvalue weighted by atomic mass is 9.92. The number of unbranched alkanes of at least 4 members (excludes halogenated alkanes) is 3. The molecule has 5 aliphatic rings. The average molecular weight is 1040 g/mol. The Morgan fingerprint density at radius 1 is 0.675 bits per heavy atom. The van der Waals surface area contributed by atoms with Gasteiger partial charge in [0.25, 0.3) is 23.6 Å². The van der Waals surface area contributed by atoms with E-state index in [1.54, 1.807) is 35.1 Å². The lowest BCUT2D eigenvalue weighted by Gasteiger charge is -2.23. The summed E-state index contributed by atoms with van der Waals surface area (Å²) in [6.07, 6.45) is 15.2. The largest absolute Gasteiger partial charge is 0.493 e. The van der Waals surface area contributed by atoms with Gasteiger partial charge < -0.3 is 34.6 Å². The Morgan fingerprint density at radius 2 is 1.23 bits per heavy atom. The van der Waals surface area contributed by atoms with E-state index >= 15 is 0 Å². The van der Waals surface area contributed by atoms with Crippen molar-refractivity contribution in [1.82, 2.24) is 20.0 Å². The fourth-order valence-electron chi connectivity index (χ4n) is 10.3. The van der Waals surface area contributed by atoms with Gasteiger partial charge in [-0.25, -0.2) is 0 Å². The van der Waals surface area contributed by atoms with Crippen molar-refractivity contribution in [3.05, 3.63) is 131 Å². The molecular formula is C61H67N7O9. The number of ketones is 1. The Labute approximate surface area is 449 Å². The number of carbonyl (C=O) groups excluding carboxylic acids is 6. The van der Waals surface area contributed by atoms with Crippen molar-refractivity contribution in [3.8, 4) is 17.2 Å². The second-order valence-corrected chi connectivity index (χ2v) is 20.8. The fraction of sp³-hybridized carbons (Fsp3) is 0.377. The number of imide groups is 1. The maximum Gasteiger partial charge on any atom is 0.260 e. The molecule has 4 aromatic rings.